The van der Waals surface area contributed by atoms with E-state index in [9.17, 15) is 9.59 Å². The van der Waals surface area contributed by atoms with Gasteiger partial charge >= 0.3 is 5.97 Å². The van der Waals surface area contributed by atoms with Crippen molar-refractivity contribution in [2.24, 2.45) is 11.7 Å². The number of nitrogens with two attached hydrogens (primary N) is 1. The highest BCUT2D eigenvalue weighted by atomic mass is 35.5. The summed E-state index contributed by atoms with van der Waals surface area (Å²) < 4.78 is 5.18. The molecule has 2 N–H and O–H groups in total. The Morgan fingerprint density at radius 3 is 2.79 bits per heavy atom. The number of esters is 1. The molecular weight excluding hydrogens is 440 g/mol. The lowest BCUT2D eigenvalue weighted by Crippen LogP contribution is -2.57. The van der Waals surface area contributed by atoms with Crippen molar-refractivity contribution >= 4 is 39.9 Å². The molecule has 2 aliphatic rings. The van der Waals surface area contributed by atoms with Crippen molar-refractivity contribution < 1.29 is 14.3 Å². The van der Waals surface area contributed by atoms with Crippen molar-refractivity contribution in [1.29, 1.82) is 0 Å². The minimum absolute atomic E-state index is 0.0137. The van der Waals surface area contributed by atoms with E-state index in [0.29, 0.717) is 30.4 Å². The summed E-state index contributed by atoms with van der Waals surface area (Å²) in [5.74, 6) is -2.04. The van der Waals surface area contributed by atoms with Gasteiger partial charge in [-0.2, -0.15) is 0 Å². The Kier molecular flexibility index (Phi) is 5.60. The molecule has 3 atom stereocenters. The van der Waals surface area contributed by atoms with E-state index in [1.165, 1.54) is 7.11 Å². The zero-order valence-corrected chi connectivity index (χ0v) is 18.8. The maximum absolute atomic E-state index is 13.4. The maximum atomic E-state index is 13.4. The predicted molar refractivity (Wildman–Crippen MR) is 126 cm³/mol. The van der Waals surface area contributed by atoms with Gasteiger partial charge in [-0.25, -0.2) is 4.98 Å². The predicted octanol–water partition coefficient (Wildman–Crippen LogP) is 3.97. The molecule has 3 aromatic rings. The molecule has 0 spiro atoms. The molecule has 3 unspecified atom stereocenters. The SMILES string of the molecule is COC(=O)C1C(c2cc3ccccc3nc2Cl)C2=C(CCCC2=O)N(c2cccnc2)C1N. The Balaban J connectivity index is 1.79. The third kappa shape index (κ3) is 3.57. The van der Waals surface area contributed by atoms with Gasteiger partial charge in [-0.1, -0.05) is 29.8 Å². The van der Waals surface area contributed by atoms with Crippen LogP contribution in [0.5, 0.6) is 0 Å². The highest BCUT2D eigenvalue weighted by Crippen LogP contribution is 2.49. The molecule has 33 heavy (non-hydrogen) atoms. The molecular formula is C25H23ClN4O3. The monoisotopic (exact) mass is 462 g/mol. The number of carbonyl (C=O) groups excluding carboxylic acids is 2. The van der Waals surface area contributed by atoms with Crippen LogP contribution >= 0.6 is 11.6 Å². The molecule has 0 bridgehead atoms. The van der Waals surface area contributed by atoms with Gasteiger partial charge < -0.3 is 15.4 Å². The lowest BCUT2D eigenvalue weighted by molar-refractivity contribution is -0.147. The fraction of sp³-hybridized carbons (Fsp3) is 0.280. The molecule has 3 heterocycles. The van der Waals surface area contributed by atoms with E-state index in [4.69, 9.17) is 22.1 Å². The number of pyridine rings is 2. The molecule has 0 amide bonds. The number of Topliss-reactive ketones (excluding diaryl/α,β-unsaturated/α-hetero) is 1. The fourth-order valence-electron chi connectivity index (χ4n) is 5.08. The molecule has 2 aromatic heterocycles. The third-order valence-corrected chi connectivity index (χ3v) is 6.80. The van der Waals surface area contributed by atoms with Crippen LogP contribution in [0.25, 0.3) is 10.9 Å². The molecule has 0 saturated carbocycles. The smallest absolute Gasteiger partial charge is 0.313 e. The number of ether oxygens (including phenoxy) is 1. The van der Waals surface area contributed by atoms with Crippen LogP contribution in [0.2, 0.25) is 5.15 Å². The second-order valence-electron chi connectivity index (χ2n) is 8.30. The van der Waals surface area contributed by atoms with Crippen molar-refractivity contribution in [3.8, 4) is 0 Å². The Labute approximate surface area is 196 Å². The highest BCUT2D eigenvalue weighted by Gasteiger charge is 2.50. The summed E-state index contributed by atoms with van der Waals surface area (Å²) in [6, 6.07) is 13.2. The van der Waals surface area contributed by atoms with Crippen molar-refractivity contribution in [2.45, 2.75) is 31.3 Å². The Morgan fingerprint density at radius 2 is 2.03 bits per heavy atom. The van der Waals surface area contributed by atoms with E-state index in [0.717, 1.165) is 22.3 Å². The summed E-state index contributed by atoms with van der Waals surface area (Å²) in [5, 5.41) is 1.12. The number of halogens is 1. The van der Waals surface area contributed by atoms with Gasteiger partial charge in [-0.3, -0.25) is 14.6 Å². The number of aromatic nitrogens is 2. The summed E-state index contributed by atoms with van der Waals surface area (Å²) in [4.78, 5) is 37.1. The average molecular weight is 463 g/mol. The van der Waals surface area contributed by atoms with Gasteiger partial charge in [0.15, 0.2) is 5.78 Å². The topological polar surface area (TPSA) is 98.4 Å². The number of methoxy groups -OCH3 is 1. The molecule has 1 aromatic carbocycles. The van der Waals surface area contributed by atoms with Crippen LogP contribution in [0.15, 0.2) is 66.1 Å². The first kappa shape index (κ1) is 21.6. The second kappa shape index (κ2) is 8.57. The number of ketones is 1. The highest BCUT2D eigenvalue weighted by molar-refractivity contribution is 6.30. The average Bonchev–Trinajstić information content (AvgIpc) is 2.83. The van der Waals surface area contributed by atoms with Crippen molar-refractivity contribution in [3.05, 3.63) is 76.8 Å². The Hall–Kier alpha value is -3.29. The number of rotatable bonds is 3. The molecule has 5 rings (SSSR count). The number of fused-ring (bicyclic) bond motifs is 1. The molecule has 0 fully saturated rings. The van der Waals surface area contributed by atoms with Gasteiger partial charge in [-0.15, -0.1) is 0 Å². The molecule has 1 aliphatic carbocycles. The first-order valence-corrected chi connectivity index (χ1v) is 11.2. The summed E-state index contributed by atoms with van der Waals surface area (Å²) in [7, 11) is 1.33. The van der Waals surface area contributed by atoms with Crippen LogP contribution in [-0.4, -0.2) is 35.0 Å². The van der Waals surface area contributed by atoms with Gasteiger partial charge in [0, 0.05) is 35.2 Å². The molecule has 8 heteroatoms. The zero-order valence-electron chi connectivity index (χ0n) is 18.1. The summed E-state index contributed by atoms with van der Waals surface area (Å²) in [5.41, 5.74) is 10.2. The van der Waals surface area contributed by atoms with Gasteiger partial charge in [-0.05, 0) is 42.7 Å². The number of hydrogen-bond donors (Lipinski definition) is 1. The van der Waals surface area contributed by atoms with Crippen LogP contribution in [0, 0.1) is 5.92 Å². The lowest BCUT2D eigenvalue weighted by Gasteiger charge is -2.47. The van der Waals surface area contributed by atoms with Crippen molar-refractivity contribution in [1.82, 2.24) is 9.97 Å². The van der Waals surface area contributed by atoms with Gasteiger partial charge in [0.2, 0.25) is 0 Å². The van der Waals surface area contributed by atoms with E-state index >= 15 is 0 Å². The Morgan fingerprint density at radius 1 is 1.21 bits per heavy atom. The largest absolute Gasteiger partial charge is 0.469 e. The van der Waals surface area contributed by atoms with Gasteiger partial charge in [0.05, 0.1) is 30.7 Å². The first-order valence-electron chi connectivity index (χ1n) is 10.9. The summed E-state index contributed by atoms with van der Waals surface area (Å²) in [6.07, 6.45) is 4.34. The second-order valence-corrected chi connectivity index (χ2v) is 8.65. The van der Waals surface area contributed by atoms with Crippen LogP contribution in [-0.2, 0) is 14.3 Å². The summed E-state index contributed by atoms with van der Waals surface area (Å²) >= 11 is 6.67. The molecule has 1 aliphatic heterocycles. The number of allylic oxidation sites excluding steroid dienone is 2. The number of carbonyl (C=O) groups is 2. The minimum atomic E-state index is -0.864. The molecule has 0 radical (unpaired) electrons. The van der Waals surface area contributed by atoms with E-state index in [2.05, 4.69) is 9.97 Å². The zero-order chi connectivity index (χ0) is 23.1. The fourth-order valence-corrected chi connectivity index (χ4v) is 5.34. The van der Waals surface area contributed by atoms with E-state index in [1.54, 1.807) is 18.5 Å². The minimum Gasteiger partial charge on any atom is -0.469 e. The van der Waals surface area contributed by atoms with Crippen molar-refractivity contribution in [2.75, 3.05) is 12.0 Å². The van der Waals surface area contributed by atoms with Crippen LogP contribution < -0.4 is 10.6 Å². The quantitative estimate of drug-likeness (QED) is 0.464. The number of hydrogen-bond acceptors (Lipinski definition) is 7. The van der Waals surface area contributed by atoms with Gasteiger partial charge in [0.25, 0.3) is 0 Å². The number of nitrogens with zero attached hydrogens (tertiary/aromatic N) is 3. The summed E-state index contributed by atoms with van der Waals surface area (Å²) in [6.45, 7) is 0. The molecule has 7 nitrogen and oxygen atoms in total. The van der Waals surface area contributed by atoms with E-state index < -0.39 is 24.0 Å². The van der Waals surface area contributed by atoms with E-state index in [1.807, 2.05) is 41.3 Å². The Bertz CT molecular complexity index is 1280. The number of para-hydroxylation sites is 1. The lowest BCUT2D eigenvalue weighted by atomic mass is 9.70. The number of anilines is 1. The first-order chi connectivity index (χ1) is 16.0. The standard InChI is InChI=1S/C25H23ClN4O3/c1-33-25(32)22-20(16-12-14-6-2-3-8-17(14)29-23(16)26)21-18(9-4-10-19(21)31)30(24(22)27)15-7-5-11-28-13-15/h2-3,5-8,11-13,20,22,24H,4,9-10,27H2,1H3. The number of benzene rings is 1. The van der Waals surface area contributed by atoms with Gasteiger partial charge in [0.1, 0.15) is 11.1 Å². The van der Waals surface area contributed by atoms with Crippen LogP contribution in [0.4, 0.5) is 5.69 Å². The third-order valence-electron chi connectivity index (χ3n) is 6.49. The molecule has 0 saturated heterocycles. The van der Waals surface area contributed by atoms with E-state index in [-0.39, 0.29) is 10.9 Å². The van der Waals surface area contributed by atoms with Crippen LogP contribution in [0.3, 0.4) is 0 Å². The normalized spacial score (nSPS) is 22.9. The maximum Gasteiger partial charge on any atom is 0.313 e. The van der Waals surface area contributed by atoms with Crippen LogP contribution in [0.1, 0.15) is 30.7 Å². The van der Waals surface area contributed by atoms with Crippen molar-refractivity contribution in [3.63, 3.8) is 0 Å². The molecule has 168 valence electrons.